The Morgan fingerprint density at radius 1 is 1.10 bits per heavy atom. The minimum absolute atomic E-state index is 0.0932. The number of urea groups is 1. The molecule has 1 N–H and O–H groups in total. The van der Waals surface area contributed by atoms with E-state index in [4.69, 9.17) is 0 Å². The second-order valence-electron chi connectivity index (χ2n) is 7.10. The monoisotopic (exact) mass is 409 g/mol. The number of aryl methyl sites for hydroxylation is 1. The highest BCUT2D eigenvalue weighted by Crippen LogP contribution is 2.34. The Bertz CT molecular complexity index is 1060. The second kappa shape index (κ2) is 7.40. The maximum atomic E-state index is 13.3. The van der Waals surface area contributed by atoms with Crippen LogP contribution < -0.4 is 5.32 Å². The summed E-state index contributed by atoms with van der Waals surface area (Å²) in [6.45, 7) is 3.94. The molecule has 1 aromatic heterocycles. The van der Waals surface area contributed by atoms with Gasteiger partial charge in [0.15, 0.2) is 0 Å². The van der Waals surface area contributed by atoms with Crippen LogP contribution in [0.15, 0.2) is 53.9 Å². The molecule has 2 aromatic carbocycles. The highest BCUT2D eigenvalue weighted by molar-refractivity contribution is 7.13. The van der Waals surface area contributed by atoms with Crippen LogP contribution in [0.4, 0.5) is 9.18 Å². The van der Waals surface area contributed by atoms with Crippen LogP contribution in [0.3, 0.4) is 0 Å². The maximum absolute atomic E-state index is 13.3. The van der Waals surface area contributed by atoms with Crippen molar-refractivity contribution in [3.8, 4) is 10.6 Å². The number of nitrogens with one attached hydrogen (secondary N) is 1. The van der Waals surface area contributed by atoms with Crippen LogP contribution in [-0.2, 0) is 16.9 Å². The van der Waals surface area contributed by atoms with Crippen molar-refractivity contribution in [2.24, 2.45) is 0 Å². The van der Waals surface area contributed by atoms with E-state index in [1.165, 1.54) is 33.9 Å². The molecular formula is C22H20FN3O2S. The molecule has 7 heteroatoms. The Labute approximate surface area is 172 Å². The Morgan fingerprint density at radius 2 is 1.79 bits per heavy atom. The smallest absolute Gasteiger partial charge is 0.319 e. The zero-order chi connectivity index (χ0) is 20.6. The van der Waals surface area contributed by atoms with E-state index in [0.29, 0.717) is 17.7 Å². The zero-order valence-corrected chi connectivity index (χ0v) is 16.9. The van der Waals surface area contributed by atoms with Gasteiger partial charge in [0.05, 0.1) is 12.2 Å². The van der Waals surface area contributed by atoms with Crippen molar-refractivity contribution < 1.29 is 14.0 Å². The summed E-state index contributed by atoms with van der Waals surface area (Å²) in [5.74, 6) is -0.735. The lowest BCUT2D eigenvalue weighted by atomic mass is 9.87. The van der Waals surface area contributed by atoms with Crippen LogP contribution in [0.1, 0.15) is 30.2 Å². The van der Waals surface area contributed by atoms with Crippen molar-refractivity contribution in [3.05, 3.63) is 76.5 Å². The van der Waals surface area contributed by atoms with E-state index in [9.17, 15) is 14.0 Å². The van der Waals surface area contributed by atoms with Gasteiger partial charge in [0.25, 0.3) is 5.91 Å². The predicted octanol–water partition coefficient (Wildman–Crippen LogP) is 4.61. The Kier molecular flexibility index (Phi) is 4.92. The Hall–Kier alpha value is -3.06. The van der Waals surface area contributed by atoms with E-state index in [-0.39, 0.29) is 18.3 Å². The van der Waals surface area contributed by atoms with E-state index in [0.717, 1.165) is 10.6 Å². The first-order chi connectivity index (χ1) is 13.9. The molecule has 0 spiro atoms. The average molecular weight is 409 g/mol. The molecule has 4 rings (SSSR count). The number of carbonyl (C=O) groups excluding carboxylic acids is 2. The standard InChI is InChI=1S/C22H20FN3O2S/c1-3-22(16-8-10-17(23)11-9-16)20(27)26(21(28)25-22)12-18-13-29-19(24-18)15-6-4-14(2)5-7-15/h4-11,13H,3,12H2,1-2H3,(H,25,28)/t22-/m1/s1. The van der Waals surface area contributed by atoms with Gasteiger partial charge in [-0.2, -0.15) is 0 Å². The number of halogens is 1. The molecule has 0 bridgehead atoms. The van der Waals surface area contributed by atoms with Gasteiger partial charge in [-0.25, -0.2) is 14.2 Å². The maximum Gasteiger partial charge on any atom is 0.325 e. The third kappa shape index (κ3) is 3.42. The van der Waals surface area contributed by atoms with Gasteiger partial charge in [-0.1, -0.05) is 48.9 Å². The fourth-order valence-electron chi connectivity index (χ4n) is 3.51. The number of amides is 3. The van der Waals surface area contributed by atoms with Gasteiger partial charge < -0.3 is 5.32 Å². The van der Waals surface area contributed by atoms with Crippen LogP contribution in [0, 0.1) is 12.7 Å². The zero-order valence-electron chi connectivity index (χ0n) is 16.1. The Balaban J connectivity index is 1.58. The highest BCUT2D eigenvalue weighted by Gasteiger charge is 2.51. The van der Waals surface area contributed by atoms with Gasteiger partial charge in [-0.05, 0) is 31.0 Å². The van der Waals surface area contributed by atoms with Gasteiger partial charge in [0.1, 0.15) is 16.4 Å². The number of hydrogen-bond acceptors (Lipinski definition) is 4. The second-order valence-corrected chi connectivity index (χ2v) is 7.96. The number of hydrogen-bond donors (Lipinski definition) is 1. The summed E-state index contributed by atoms with van der Waals surface area (Å²) in [6, 6.07) is 13.2. The molecule has 1 aliphatic rings. The molecule has 3 aromatic rings. The number of imide groups is 1. The van der Waals surface area contributed by atoms with Crippen molar-refractivity contribution in [2.75, 3.05) is 0 Å². The summed E-state index contributed by atoms with van der Waals surface area (Å²) in [6.07, 6.45) is 0.366. The van der Waals surface area contributed by atoms with Crippen LogP contribution in [-0.4, -0.2) is 21.8 Å². The van der Waals surface area contributed by atoms with E-state index < -0.39 is 11.6 Å². The van der Waals surface area contributed by atoms with Crippen LogP contribution in [0.5, 0.6) is 0 Å². The van der Waals surface area contributed by atoms with Gasteiger partial charge in [0, 0.05) is 10.9 Å². The summed E-state index contributed by atoms with van der Waals surface area (Å²) < 4.78 is 13.3. The van der Waals surface area contributed by atoms with Gasteiger partial charge in [0.2, 0.25) is 0 Å². The number of nitrogens with zero attached hydrogens (tertiary/aromatic N) is 2. The SMILES string of the molecule is CC[C@]1(c2ccc(F)cc2)NC(=O)N(Cc2csc(-c3ccc(C)cc3)n2)C1=O. The van der Waals surface area contributed by atoms with Crippen molar-refractivity contribution in [1.82, 2.24) is 15.2 Å². The van der Waals surface area contributed by atoms with E-state index in [1.54, 1.807) is 12.1 Å². The molecule has 0 saturated carbocycles. The van der Waals surface area contributed by atoms with Crippen molar-refractivity contribution in [3.63, 3.8) is 0 Å². The van der Waals surface area contributed by atoms with Crippen LogP contribution in [0.25, 0.3) is 10.6 Å². The molecule has 1 saturated heterocycles. The molecule has 0 aliphatic carbocycles. The number of aromatic nitrogens is 1. The lowest BCUT2D eigenvalue weighted by Gasteiger charge is -2.25. The number of thiazole rings is 1. The molecule has 148 valence electrons. The quantitative estimate of drug-likeness (QED) is 0.626. The fraction of sp³-hybridized carbons (Fsp3) is 0.227. The molecule has 1 aliphatic heterocycles. The average Bonchev–Trinajstić information content (AvgIpc) is 3.28. The number of rotatable bonds is 5. The van der Waals surface area contributed by atoms with Crippen molar-refractivity contribution in [1.29, 1.82) is 0 Å². The first-order valence-electron chi connectivity index (χ1n) is 9.34. The van der Waals surface area contributed by atoms with Gasteiger partial charge >= 0.3 is 6.03 Å². The van der Waals surface area contributed by atoms with Crippen LogP contribution >= 0.6 is 11.3 Å². The molecular weight excluding hydrogens is 389 g/mol. The fourth-order valence-corrected chi connectivity index (χ4v) is 4.33. The van der Waals surface area contributed by atoms with Gasteiger partial charge in [-0.3, -0.25) is 9.69 Å². The summed E-state index contributed by atoms with van der Waals surface area (Å²) in [7, 11) is 0. The Morgan fingerprint density at radius 3 is 2.45 bits per heavy atom. The highest BCUT2D eigenvalue weighted by atomic mass is 32.1. The van der Waals surface area contributed by atoms with E-state index >= 15 is 0 Å². The lowest BCUT2D eigenvalue weighted by Crippen LogP contribution is -2.43. The normalized spacial score (nSPS) is 18.9. The van der Waals surface area contributed by atoms with E-state index in [2.05, 4.69) is 10.3 Å². The molecule has 3 amide bonds. The summed E-state index contributed by atoms with van der Waals surface area (Å²) in [5, 5.41) is 5.51. The van der Waals surface area contributed by atoms with E-state index in [1.807, 2.05) is 43.5 Å². The molecule has 1 fully saturated rings. The topological polar surface area (TPSA) is 62.3 Å². The molecule has 29 heavy (non-hydrogen) atoms. The summed E-state index contributed by atoms with van der Waals surface area (Å²) in [5.41, 5.74) is 2.21. The van der Waals surface area contributed by atoms with Crippen LogP contribution in [0.2, 0.25) is 0 Å². The number of carbonyl (C=O) groups is 2. The third-order valence-electron chi connectivity index (χ3n) is 5.21. The van der Waals surface area contributed by atoms with Crippen molar-refractivity contribution >= 4 is 23.3 Å². The summed E-state index contributed by atoms with van der Waals surface area (Å²) in [4.78, 5) is 31.6. The first kappa shape index (κ1) is 19.3. The molecule has 0 unspecified atom stereocenters. The molecule has 0 radical (unpaired) electrons. The predicted molar refractivity (Wildman–Crippen MR) is 110 cm³/mol. The minimum Gasteiger partial charge on any atom is -0.319 e. The summed E-state index contributed by atoms with van der Waals surface area (Å²) >= 11 is 1.48. The first-order valence-corrected chi connectivity index (χ1v) is 10.2. The molecule has 1 atom stereocenters. The lowest BCUT2D eigenvalue weighted by molar-refractivity contribution is -0.132. The van der Waals surface area contributed by atoms with Gasteiger partial charge in [-0.15, -0.1) is 11.3 Å². The largest absolute Gasteiger partial charge is 0.325 e. The molecule has 2 heterocycles. The minimum atomic E-state index is -1.18. The molecule has 5 nitrogen and oxygen atoms in total. The van der Waals surface area contributed by atoms with Crippen molar-refractivity contribution in [2.45, 2.75) is 32.4 Å². The third-order valence-corrected chi connectivity index (χ3v) is 6.15. The number of benzene rings is 2.